The number of hydrogen-bond donors (Lipinski definition) is 0. The maximum atomic E-state index is 12.5. The van der Waals surface area contributed by atoms with Crippen LogP contribution in [0.15, 0.2) is 30.3 Å². The number of carbonyl (C=O) groups is 1. The van der Waals surface area contributed by atoms with Gasteiger partial charge in [0.15, 0.2) is 6.23 Å². The van der Waals surface area contributed by atoms with E-state index in [2.05, 4.69) is 13.8 Å². The number of ether oxygens (including phenoxy) is 1. The van der Waals surface area contributed by atoms with Crippen molar-refractivity contribution in [3.05, 3.63) is 35.9 Å². The Hall–Kier alpha value is -1.35. The van der Waals surface area contributed by atoms with Gasteiger partial charge in [-0.3, -0.25) is 4.79 Å². The molecule has 0 N–H and O–H groups in total. The molecular weight excluding hydrogens is 226 g/mol. The summed E-state index contributed by atoms with van der Waals surface area (Å²) in [6.45, 7) is 5.09. The summed E-state index contributed by atoms with van der Waals surface area (Å²) in [5.74, 6) is 1.03. The summed E-state index contributed by atoms with van der Waals surface area (Å²) < 4.78 is 5.87. The third kappa shape index (κ3) is 1.11. The van der Waals surface area contributed by atoms with Gasteiger partial charge in [-0.05, 0) is 11.3 Å². The van der Waals surface area contributed by atoms with E-state index in [0.29, 0.717) is 24.5 Å². The van der Waals surface area contributed by atoms with E-state index < -0.39 is 0 Å². The molecule has 1 aromatic carbocycles. The molecule has 2 aliphatic heterocycles. The Kier molecular flexibility index (Phi) is 1.85. The van der Waals surface area contributed by atoms with Crippen LogP contribution in [-0.4, -0.2) is 23.5 Å². The summed E-state index contributed by atoms with van der Waals surface area (Å²) in [5.41, 5.74) is 1.28. The molecule has 18 heavy (non-hydrogen) atoms. The van der Waals surface area contributed by atoms with Crippen molar-refractivity contribution in [3.63, 3.8) is 0 Å². The van der Waals surface area contributed by atoms with E-state index in [0.717, 1.165) is 5.56 Å². The molecule has 3 nitrogen and oxygen atoms in total. The lowest BCUT2D eigenvalue weighted by Gasteiger charge is -2.27. The monoisotopic (exact) mass is 243 g/mol. The minimum absolute atomic E-state index is 0.160. The molecule has 3 heteroatoms. The Bertz CT molecular complexity index is 510. The van der Waals surface area contributed by atoms with Gasteiger partial charge in [0.05, 0.1) is 12.6 Å². The molecule has 1 aliphatic carbocycles. The standard InChI is InChI=1S/C15H17NO2/c1-15(2)11-10-8-18-14(9-6-4-3-5-7-9)16(10)13(17)12(11)15/h3-7,10-12,14H,8H2,1-2H3/t10?,11-,12?,14-/m1/s1. The molecular formula is C15H17NO2. The lowest BCUT2D eigenvalue weighted by molar-refractivity contribution is -0.137. The zero-order valence-corrected chi connectivity index (χ0v) is 10.7. The van der Waals surface area contributed by atoms with Gasteiger partial charge < -0.3 is 9.64 Å². The summed E-state index contributed by atoms with van der Waals surface area (Å²) in [5, 5.41) is 0. The zero-order chi connectivity index (χ0) is 12.5. The summed E-state index contributed by atoms with van der Waals surface area (Å²) in [6, 6.07) is 10.4. The zero-order valence-electron chi connectivity index (χ0n) is 10.7. The summed E-state index contributed by atoms with van der Waals surface area (Å²) in [6.07, 6.45) is -0.160. The molecule has 0 aromatic heterocycles. The van der Waals surface area contributed by atoms with Gasteiger partial charge in [-0.1, -0.05) is 44.2 Å². The van der Waals surface area contributed by atoms with Gasteiger partial charge >= 0.3 is 0 Å². The fourth-order valence-corrected chi connectivity index (χ4v) is 3.98. The van der Waals surface area contributed by atoms with Crippen molar-refractivity contribution in [1.29, 1.82) is 0 Å². The van der Waals surface area contributed by atoms with Crippen LogP contribution in [0.3, 0.4) is 0 Å². The van der Waals surface area contributed by atoms with Crippen LogP contribution < -0.4 is 0 Å². The molecule has 0 radical (unpaired) electrons. The summed E-state index contributed by atoms with van der Waals surface area (Å²) >= 11 is 0. The molecule has 0 spiro atoms. The van der Waals surface area contributed by atoms with Crippen molar-refractivity contribution >= 4 is 5.91 Å². The van der Waals surface area contributed by atoms with E-state index in [4.69, 9.17) is 4.74 Å². The number of carbonyl (C=O) groups excluding carboxylic acids is 1. The first-order valence-electron chi connectivity index (χ1n) is 6.61. The molecule has 3 fully saturated rings. The Morgan fingerprint density at radius 2 is 2.00 bits per heavy atom. The van der Waals surface area contributed by atoms with E-state index in [1.54, 1.807) is 0 Å². The van der Waals surface area contributed by atoms with Crippen LogP contribution in [0.1, 0.15) is 25.6 Å². The third-order valence-corrected chi connectivity index (χ3v) is 4.97. The molecule has 2 unspecified atom stereocenters. The third-order valence-electron chi connectivity index (χ3n) is 4.97. The molecule has 2 saturated heterocycles. The Morgan fingerprint density at radius 3 is 2.72 bits per heavy atom. The average molecular weight is 243 g/mol. The van der Waals surface area contributed by atoms with E-state index in [1.807, 2.05) is 35.2 Å². The SMILES string of the molecule is CC1(C)C2C(=O)N3C(CO[C@@H]3c3ccccc3)[C@H]21. The average Bonchev–Trinajstić information content (AvgIpc) is 2.70. The minimum Gasteiger partial charge on any atom is -0.352 e. The summed E-state index contributed by atoms with van der Waals surface area (Å²) in [7, 11) is 0. The minimum atomic E-state index is -0.160. The van der Waals surface area contributed by atoms with Crippen LogP contribution >= 0.6 is 0 Å². The molecule has 4 atom stereocenters. The van der Waals surface area contributed by atoms with Crippen LogP contribution in [0.2, 0.25) is 0 Å². The number of fused-ring (bicyclic) bond motifs is 3. The number of nitrogens with zero attached hydrogens (tertiary/aromatic N) is 1. The van der Waals surface area contributed by atoms with Gasteiger partial charge in [-0.25, -0.2) is 0 Å². The van der Waals surface area contributed by atoms with Crippen molar-refractivity contribution in [1.82, 2.24) is 4.90 Å². The Morgan fingerprint density at radius 1 is 1.28 bits per heavy atom. The van der Waals surface area contributed by atoms with Crippen molar-refractivity contribution in [2.45, 2.75) is 26.1 Å². The van der Waals surface area contributed by atoms with Gasteiger partial charge in [0.25, 0.3) is 0 Å². The van der Waals surface area contributed by atoms with Gasteiger partial charge in [0.2, 0.25) is 5.91 Å². The highest BCUT2D eigenvalue weighted by molar-refractivity contribution is 5.87. The molecule has 94 valence electrons. The fraction of sp³-hybridized carbons (Fsp3) is 0.533. The smallest absolute Gasteiger partial charge is 0.229 e. The second kappa shape index (κ2) is 3.15. The molecule has 2 heterocycles. The predicted octanol–water partition coefficient (Wildman–Crippen LogP) is 2.20. The van der Waals surface area contributed by atoms with Crippen molar-refractivity contribution < 1.29 is 9.53 Å². The van der Waals surface area contributed by atoms with Crippen LogP contribution in [0.25, 0.3) is 0 Å². The van der Waals surface area contributed by atoms with Gasteiger partial charge in [0.1, 0.15) is 0 Å². The van der Waals surface area contributed by atoms with Crippen molar-refractivity contribution in [2.24, 2.45) is 17.3 Å². The second-order valence-corrected chi connectivity index (χ2v) is 6.23. The van der Waals surface area contributed by atoms with Crippen LogP contribution in [0.4, 0.5) is 0 Å². The number of amides is 1. The van der Waals surface area contributed by atoms with Gasteiger partial charge in [0, 0.05) is 11.5 Å². The van der Waals surface area contributed by atoms with E-state index >= 15 is 0 Å². The number of benzene rings is 1. The maximum absolute atomic E-state index is 12.5. The molecule has 1 aromatic rings. The lowest BCUT2D eigenvalue weighted by atomic mass is 10.0. The summed E-state index contributed by atoms with van der Waals surface area (Å²) in [4.78, 5) is 14.5. The van der Waals surface area contributed by atoms with Crippen LogP contribution in [0, 0.1) is 17.3 Å². The number of piperidine rings is 1. The molecule has 1 saturated carbocycles. The molecule has 0 bridgehead atoms. The molecule has 4 rings (SSSR count). The highest BCUT2D eigenvalue weighted by Gasteiger charge is 2.73. The highest BCUT2D eigenvalue weighted by Crippen LogP contribution is 2.67. The number of hydrogen-bond acceptors (Lipinski definition) is 2. The Labute approximate surface area is 107 Å². The molecule has 1 amide bonds. The second-order valence-electron chi connectivity index (χ2n) is 6.23. The number of rotatable bonds is 1. The topological polar surface area (TPSA) is 29.5 Å². The van der Waals surface area contributed by atoms with E-state index in [9.17, 15) is 4.79 Å². The van der Waals surface area contributed by atoms with Crippen molar-refractivity contribution in [3.8, 4) is 0 Å². The maximum Gasteiger partial charge on any atom is 0.229 e. The van der Waals surface area contributed by atoms with Gasteiger partial charge in [-0.15, -0.1) is 0 Å². The quantitative estimate of drug-likeness (QED) is 0.756. The van der Waals surface area contributed by atoms with Crippen LogP contribution in [0.5, 0.6) is 0 Å². The fourth-order valence-electron chi connectivity index (χ4n) is 3.98. The normalized spacial score (nSPS) is 39.7. The first-order valence-corrected chi connectivity index (χ1v) is 6.61. The Balaban J connectivity index is 1.67. The van der Waals surface area contributed by atoms with E-state index in [-0.39, 0.29) is 17.6 Å². The molecule has 3 aliphatic rings. The van der Waals surface area contributed by atoms with Crippen LogP contribution in [-0.2, 0) is 9.53 Å². The van der Waals surface area contributed by atoms with Gasteiger partial charge in [-0.2, -0.15) is 0 Å². The first-order chi connectivity index (χ1) is 8.62. The highest BCUT2D eigenvalue weighted by atomic mass is 16.5. The lowest BCUT2D eigenvalue weighted by Crippen LogP contribution is -2.37. The van der Waals surface area contributed by atoms with E-state index in [1.165, 1.54) is 0 Å². The largest absolute Gasteiger partial charge is 0.352 e. The predicted molar refractivity (Wildman–Crippen MR) is 66.5 cm³/mol. The first kappa shape index (κ1) is 10.6. The van der Waals surface area contributed by atoms with Crippen molar-refractivity contribution in [2.75, 3.05) is 6.61 Å².